The Morgan fingerprint density at radius 3 is 2.81 bits per heavy atom. The first-order valence-corrected chi connectivity index (χ1v) is 9.16. The molecule has 0 radical (unpaired) electrons. The summed E-state index contributed by atoms with van der Waals surface area (Å²) in [6.45, 7) is 0. The van der Waals surface area contributed by atoms with Crippen molar-refractivity contribution >= 4 is 51.4 Å². The van der Waals surface area contributed by atoms with Crippen LogP contribution in [-0.2, 0) is 0 Å². The van der Waals surface area contributed by atoms with Gasteiger partial charge in [-0.1, -0.05) is 11.6 Å². The van der Waals surface area contributed by atoms with E-state index in [4.69, 9.17) is 11.6 Å². The Bertz CT molecular complexity index is 1060. The van der Waals surface area contributed by atoms with Gasteiger partial charge in [0, 0.05) is 34.9 Å². The van der Waals surface area contributed by atoms with Crippen molar-refractivity contribution in [3.05, 3.63) is 58.4 Å². The fourth-order valence-corrected chi connectivity index (χ4v) is 3.26. The van der Waals surface area contributed by atoms with Crippen molar-refractivity contribution in [2.24, 2.45) is 0 Å². The second-order valence-corrected chi connectivity index (χ2v) is 6.88. The van der Waals surface area contributed by atoms with Crippen molar-refractivity contribution in [1.82, 2.24) is 9.97 Å². The number of H-pyrrole nitrogens is 2. The van der Waals surface area contributed by atoms with Gasteiger partial charge in [-0.25, -0.2) is 19.7 Å². The Morgan fingerprint density at radius 1 is 1.27 bits per heavy atom. The van der Waals surface area contributed by atoms with E-state index >= 15 is 0 Å². The number of fused-ring (bicyclic) bond motifs is 1. The summed E-state index contributed by atoms with van der Waals surface area (Å²) in [5.41, 5.74) is 5.93. The van der Waals surface area contributed by atoms with Crippen LogP contribution in [-0.4, -0.2) is 23.0 Å². The predicted molar refractivity (Wildman–Crippen MR) is 105 cm³/mol. The molecule has 0 unspecified atom stereocenters. The van der Waals surface area contributed by atoms with Gasteiger partial charge in [-0.2, -0.15) is 0 Å². The molecule has 0 spiro atoms. The highest BCUT2D eigenvalue weighted by Crippen LogP contribution is 2.21. The number of imidazole rings is 1. The van der Waals surface area contributed by atoms with Crippen molar-refractivity contribution in [2.45, 2.75) is 0 Å². The Morgan fingerprint density at radius 2 is 2.08 bits per heavy atom. The second kappa shape index (κ2) is 6.78. The van der Waals surface area contributed by atoms with E-state index in [-0.39, 0.29) is 6.03 Å². The van der Waals surface area contributed by atoms with E-state index in [1.807, 2.05) is 23.6 Å². The topological polar surface area (TPSA) is 75.2 Å². The van der Waals surface area contributed by atoms with Crippen molar-refractivity contribution in [1.29, 1.82) is 0 Å². The molecule has 0 aliphatic rings. The van der Waals surface area contributed by atoms with Crippen LogP contribution in [0.3, 0.4) is 0 Å². The minimum atomic E-state index is -0.234. The fraction of sp³-hybridized carbons (Fsp3) is 0.0556. The summed E-state index contributed by atoms with van der Waals surface area (Å²) in [7, 11) is 1.71. The third kappa shape index (κ3) is 3.26. The molecule has 6 nitrogen and oxygen atoms in total. The highest BCUT2D eigenvalue weighted by atomic mass is 35.5. The lowest BCUT2D eigenvalue weighted by atomic mass is 10.2. The maximum Gasteiger partial charge on any atom is 0.326 e. The average molecular weight is 385 g/mol. The summed E-state index contributed by atoms with van der Waals surface area (Å²) in [5.74, 6) is 0.836. The standard InChI is InChI=1S/C18H14ClN5OS/c1-24(13-5-2-11(19)3-6-13)18(25)21-12-4-7-14-15(8-12)23-17(22-14)16-9-26-10-20-16/h2-10H,1H3,(H,21,25)(H,22,23)/p+1. The lowest BCUT2D eigenvalue weighted by molar-refractivity contribution is -0.330. The Kier molecular flexibility index (Phi) is 4.32. The van der Waals surface area contributed by atoms with E-state index < -0.39 is 0 Å². The number of nitrogens with one attached hydrogen (secondary N) is 3. The van der Waals surface area contributed by atoms with Crippen molar-refractivity contribution in [3.8, 4) is 11.5 Å². The number of aromatic nitrogens is 3. The molecule has 4 aromatic rings. The molecular weight excluding hydrogens is 370 g/mol. The molecular formula is C18H15ClN5OS+. The Hall–Kier alpha value is -2.90. The van der Waals surface area contributed by atoms with Gasteiger partial charge in [0.1, 0.15) is 0 Å². The number of nitrogens with zero attached hydrogens (tertiary/aromatic N) is 2. The Labute approximate surface area is 158 Å². The minimum Gasteiger partial charge on any atom is -0.307 e. The summed E-state index contributed by atoms with van der Waals surface area (Å²) in [6.07, 6.45) is 0. The molecule has 0 bridgehead atoms. The quantitative estimate of drug-likeness (QED) is 0.548. The van der Waals surface area contributed by atoms with Gasteiger partial charge in [0.15, 0.2) is 16.7 Å². The van der Waals surface area contributed by atoms with Crippen LogP contribution in [0.4, 0.5) is 16.2 Å². The molecule has 2 heterocycles. The molecule has 2 amide bonds. The number of anilines is 2. The first-order chi connectivity index (χ1) is 12.6. The molecule has 2 aromatic heterocycles. The fourth-order valence-electron chi connectivity index (χ4n) is 2.59. The number of urea groups is 1. The number of thiazole rings is 1. The lowest BCUT2D eigenvalue weighted by Crippen LogP contribution is -2.31. The van der Waals surface area contributed by atoms with Gasteiger partial charge in [0.25, 0.3) is 0 Å². The number of halogens is 1. The van der Waals surface area contributed by atoms with E-state index in [2.05, 4.69) is 20.3 Å². The normalized spacial score (nSPS) is 10.8. The molecule has 8 heteroatoms. The molecule has 3 N–H and O–H groups in total. The van der Waals surface area contributed by atoms with Crippen molar-refractivity contribution in [3.63, 3.8) is 0 Å². The van der Waals surface area contributed by atoms with E-state index in [9.17, 15) is 4.79 Å². The van der Waals surface area contributed by atoms with Gasteiger partial charge in [-0.05, 0) is 36.4 Å². The van der Waals surface area contributed by atoms with E-state index in [1.54, 1.807) is 36.8 Å². The lowest BCUT2D eigenvalue weighted by Gasteiger charge is -2.18. The molecule has 0 fully saturated rings. The molecule has 0 aliphatic heterocycles. The summed E-state index contributed by atoms with van der Waals surface area (Å²) >= 11 is 7.43. The van der Waals surface area contributed by atoms with Gasteiger partial charge in [-0.3, -0.25) is 4.90 Å². The average Bonchev–Trinajstić information content (AvgIpc) is 3.30. The van der Waals surface area contributed by atoms with Gasteiger partial charge in [0.2, 0.25) is 0 Å². The highest BCUT2D eigenvalue weighted by Gasteiger charge is 2.16. The molecule has 26 heavy (non-hydrogen) atoms. The minimum absolute atomic E-state index is 0.234. The maximum absolute atomic E-state index is 12.5. The zero-order valence-electron chi connectivity index (χ0n) is 13.8. The second-order valence-electron chi connectivity index (χ2n) is 5.72. The van der Waals surface area contributed by atoms with Crippen LogP contribution < -0.4 is 15.2 Å². The van der Waals surface area contributed by atoms with Crippen LogP contribution in [0.5, 0.6) is 0 Å². The monoisotopic (exact) mass is 384 g/mol. The number of carbonyl (C=O) groups excluding carboxylic acids is 1. The molecule has 4 rings (SSSR count). The van der Waals surface area contributed by atoms with Gasteiger partial charge in [0.05, 0.1) is 5.51 Å². The molecule has 0 saturated carbocycles. The van der Waals surface area contributed by atoms with Crippen LogP contribution >= 0.6 is 22.9 Å². The largest absolute Gasteiger partial charge is 0.326 e. The van der Waals surface area contributed by atoms with Crippen LogP contribution in [0.2, 0.25) is 5.02 Å². The van der Waals surface area contributed by atoms with Crippen molar-refractivity contribution in [2.75, 3.05) is 17.3 Å². The summed E-state index contributed by atoms with van der Waals surface area (Å²) in [6, 6.07) is 12.5. The first-order valence-electron chi connectivity index (χ1n) is 7.84. The molecule has 130 valence electrons. The van der Waals surface area contributed by atoms with Gasteiger partial charge >= 0.3 is 11.9 Å². The number of rotatable bonds is 3. The number of hydrogen-bond donors (Lipinski definition) is 2. The van der Waals surface area contributed by atoms with Gasteiger partial charge < -0.3 is 5.32 Å². The molecule has 0 atom stereocenters. The third-order valence-corrected chi connectivity index (χ3v) is 4.84. The predicted octanol–water partition coefficient (Wildman–Crippen LogP) is 4.43. The van der Waals surface area contributed by atoms with E-state index in [0.29, 0.717) is 10.7 Å². The molecule has 0 aliphatic carbocycles. The van der Waals surface area contributed by atoms with E-state index in [0.717, 1.165) is 28.2 Å². The van der Waals surface area contributed by atoms with Gasteiger partial charge in [-0.15, -0.1) is 11.3 Å². The smallest absolute Gasteiger partial charge is 0.307 e. The SMILES string of the molecule is CN(C(=O)Nc1ccc2[nH+]c(-c3cscn3)[nH]c2c1)c1ccc(Cl)cc1. The maximum atomic E-state index is 12.5. The third-order valence-electron chi connectivity index (χ3n) is 4.00. The summed E-state index contributed by atoms with van der Waals surface area (Å²) in [4.78, 5) is 24.9. The zero-order chi connectivity index (χ0) is 18.1. The van der Waals surface area contributed by atoms with E-state index in [1.165, 1.54) is 16.2 Å². The first kappa shape index (κ1) is 16.6. The van der Waals surface area contributed by atoms with Crippen LogP contribution in [0.15, 0.2) is 53.4 Å². The number of hydrogen-bond acceptors (Lipinski definition) is 3. The Balaban J connectivity index is 1.55. The number of benzene rings is 2. The van der Waals surface area contributed by atoms with Crippen LogP contribution in [0, 0.1) is 0 Å². The zero-order valence-corrected chi connectivity index (χ0v) is 15.4. The highest BCUT2D eigenvalue weighted by molar-refractivity contribution is 7.07. The summed E-state index contributed by atoms with van der Waals surface area (Å²) in [5, 5.41) is 5.49. The number of amides is 2. The molecule has 0 saturated heterocycles. The number of aromatic amines is 2. The summed E-state index contributed by atoms with van der Waals surface area (Å²) < 4.78 is 0. The number of carbonyl (C=O) groups is 1. The van der Waals surface area contributed by atoms with Crippen LogP contribution in [0.1, 0.15) is 0 Å². The van der Waals surface area contributed by atoms with Crippen LogP contribution in [0.25, 0.3) is 22.6 Å². The molecule has 2 aromatic carbocycles. The van der Waals surface area contributed by atoms with Crippen molar-refractivity contribution < 1.29 is 9.78 Å².